The number of hydrogen-bond acceptors (Lipinski definition) is 1. The fourth-order valence-corrected chi connectivity index (χ4v) is 10.4. The summed E-state index contributed by atoms with van der Waals surface area (Å²) in [5.41, 5.74) is 18.5. The number of nitrogens with zero attached hydrogens (tertiary/aromatic N) is 2. The number of anilines is 3. The average molecular weight is 891 g/mol. The number of para-hydroxylation sites is 2. The predicted molar refractivity (Wildman–Crippen MR) is 298 cm³/mol. The Balaban J connectivity index is 0.962. The van der Waals surface area contributed by atoms with Crippen LogP contribution in [0.2, 0.25) is 0 Å². The van der Waals surface area contributed by atoms with Crippen molar-refractivity contribution in [3.8, 4) is 61.3 Å². The van der Waals surface area contributed by atoms with Crippen LogP contribution in [0.4, 0.5) is 17.1 Å². The zero-order valence-corrected chi connectivity index (χ0v) is 38.5. The normalized spacial score (nSPS) is 11.4. The van der Waals surface area contributed by atoms with Crippen LogP contribution in [-0.2, 0) is 0 Å². The third kappa shape index (κ3) is 7.49. The molecule has 2 heteroatoms. The van der Waals surface area contributed by atoms with Gasteiger partial charge in [-0.1, -0.05) is 206 Å². The van der Waals surface area contributed by atoms with Crippen LogP contribution in [0.5, 0.6) is 0 Å². The molecule has 0 unspecified atom stereocenters. The summed E-state index contributed by atoms with van der Waals surface area (Å²) in [6, 6.07) is 102. The van der Waals surface area contributed by atoms with Crippen LogP contribution in [0.1, 0.15) is 0 Å². The molecule has 0 atom stereocenters. The topological polar surface area (TPSA) is 8.17 Å². The molecule has 0 spiro atoms. The Hall–Kier alpha value is -9.24. The molecule has 0 aliphatic heterocycles. The van der Waals surface area contributed by atoms with Gasteiger partial charge in [-0.3, -0.25) is 0 Å². The lowest BCUT2D eigenvalue weighted by Gasteiger charge is -2.29. The first-order chi connectivity index (χ1) is 34.7. The average Bonchev–Trinajstić information content (AvgIpc) is 3.78. The maximum atomic E-state index is 2.44. The molecule has 0 saturated carbocycles. The Bertz CT molecular complexity index is 4000. The third-order valence-electron chi connectivity index (χ3n) is 14.0. The molecule has 1 heterocycles. The van der Waals surface area contributed by atoms with Gasteiger partial charge >= 0.3 is 0 Å². The number of hydrogen-bond donors (Lipinski definition) is 0. The van der Waals surface area contributed by atoms with E-state index in [9.17, 15) is 0 Å². The van der Waals surface area contributed by atoms with Crippen molar-refractivity contribution >= 4 is 60.4 Å². The first-order valence-corrected chi connectivity index (χ1v) is 24.1. The lowest BCUT2D eigenvalue weighted by Crippen LogP contribution is -2.11. The van der Waals surface area contributed by atoms with E-state index in [2.05, 4.69) is 289 Å². The van der Waals surface area contributed by atoms with E-state index in [1.807, 2.05) is 0 Å². The van der Waals surface area contributed by atoms with Crippen LogP contribution < -0.4 is 4.90 Å². The monoisotopic (exact) mass is 890 g/mol. The highest BCUT2D eigenvalue weighted by Gasteiger charge is 2.20. The van der Waals surface area contributed by atoms with Crippen LogP contribution in [-0.4, -0.2) is 4.57 Å². The Labute approximate surface area is 408 Å². The Morgan fingerprint density at radius 1 is 0.243 bits per heavy atom. The smallest absolute Gasteiger partial charge is 0.0546 e. The van der Waals surface area contributed by atoms with Gasteiger partial charge in [-0.05, 0) is 144 Å². The van der Waals surface area contributed by atoms with Gasteiger partial charge in [0.1, 0.15) is 0 Å². The van der Waals surface area contributed by atoms with Crippen molar-refractivity contribution in [2.24, 2.45) is 0 Å². The molecule has 1 aromatic heterocycles. The highest BCUT2D eigenvalue weighted by atomic mass is 15.1. The van der Waals surface area contributed by atoms with Crippen molar-refractivity contribution in [2.45, 2.75) is 0 Å². The zero-order valence-electron chi connectivity index (χ0n) is 38.5. The molecular formula is C68H46N2. The maximum Gasteiger partial charge on any atom is 0.0546 e. The molecule has 13 aromatic rings. The Kier molecular flexibility index (Phi) is 10.2. The fraction of sp³-hybridized carbons (Fsp3) is 0. The summed E-state index contributed by atoms with van der Waals surface area (Å²) in [6.07, 6.45) is 0. The SMILES string of the molecule is c1ccc(-c2cccc(-c3ccc(N(c4ccc(-c5cccc(-n6c7ccccc7c7ccccc76)c5)cc4)c4cc(-c5ccc6ccccc6c5)ccc4-c4ccc5ccccc5c4)cc3)c2)cc1. The second-order valence-electron chi connectivity index (χ2n) is 18.2. The first kappa shape index (κ1) is 41.0. The van der Waals surface area contributed by atoms with Crippen molar-refractivity contribution in [2.75, 3.05) is 4.90 Å². The lowest BCUT2D eigenvalue weighted by atomic mass is 9.94. The number of fused-ring (bicyclic) bond motifs is 5. The van der Waals surface area contributed by atoms with Gasteiger partial charge in [0.15, 0.2) is 0 Å². The van der Waals surface area contributed by atoms with Crippen LogP contribution in [0.25, 0.3) is 105 Å². The highest BCUT2D eigenvalue weighted by Crippen LogP contribution is 2.45. The van der Waals surface area contributed by atoms with Crippen LogP contribution in [0, 0.1) is 0 Å². The summed E-state index contributed by atoms with van der Waals surface area (Å²) >= 11 is 0. The maximum absolute atomic E-state index is 2.44. The summed E-state index contributed by atoms with van der Waals surface area (Å²) in [7, 11) is 0. The quantitative estimate of drug-likeness (QED) is 0.140. The minimum Gasteiger partial charge on any atom is -0.310 e. The van der Waals surface area contributed by atoms with Gasteiger partial charge in [-0.2, -0.15) is 0 Å². The number of rotatable bonds is 9. The standard InChI is InChI=1S/C68H46N2/c1-2-14-47(15-3-1)54-20-12-21-55(42-54)50-32-37-60(38-33-50)69(61-39-34-51(35-40-61)56-22-13-23-62(45-56)70-66-26-10-8-24-64(66)65-25-9-11-27-67(65)70)68-46-58(57-30-28-48-16-4-6-18-52(48)43-57)36-41-63(68)59-31-29-49-17-5-7-19-53(49)44-59/h1-46H. The van der Waals surface area contributed by atoms with Crippen LogP contribution in [0.15, 0.2) is 279 Å². The lowest BCUT2D eigenvalue weighted by molar-refractivity contribution is 1.18. The molecule has 0 saturated heterocycles. The van der Waals surface area contributed by atoms with E-state index >= 15 is 0 Å². The molecule has 0 amide bonds. The van der Waals surface area contributed by atoms with Crippen LogP contribution in [0.3, 0.4) is 0 Å². The molecule has 12 aromatic carbocycles. The summed E-state index contributed by atoms with van der Waals surface area (Å²) < 4.78 is 2.39. The van der Waals surface area contributed by atoms with Gasteiger partial charge in [0.05, 0.1) is 16.7 Å². The number of benzene rings is 12. The minimum atomic E-state index is 1.07. The minimum absolute atomic E-state index is 1.07. The van der Waals surface area contributed by atoms with E-state index in [4.69, 9.17) is 0 Å². The Morgan fingerprint density at radius 3 is 1.27 bits per heavy atom. The van der Waals surface area contributed by atoms with Crippen molar-refractivity contribution < 1.29 is 0 Å². The zero-order chi connectivity index (χ0) is 46.4. The van der Waals surface area contributed by atoms with E-state index in [1.165, 1.54) is 71.2 Å². The molecular weight excluding hydrogens is 845 g/mol. The molecule has 0 fully saturated rings. The first-order valence-electron chi connectivity index (χ1n) is 24.1. The van der Waals surface area contributed by atoms with E-state index < -0.39 is 0 Å². The van der Waals surface area contributed by atoms with Gasteiger partial charge in [0.25, 0.3) is 0 Å². The second-order valence-corrected chi connectivity index (χ2v) is 18.2. The van der Waals surface area contributed by atoms with Crippen molar-refractivity contribution in [3.05, 3.63) is 279 Å². The predicted octanol–water partition coefficient (Wildman–Crippen LogP) is 18.9. The van der Waals surface area contributed by atoms with Crippen molar-refractivity contribution in [1.82, 2.24) is 4.57 Å². The summed E-state index contributed by atoms with van der Waals surface area (Å²) in [4.78, 5) is 2.44. The third-order valence-corrected chi connectivity index (χ3v) is 14.0. The van der Waals surface area contributed by atoms with Gasteiger partial charge in [-0.15, -0.1) is 0 Å². The van der Waals surface area contributed by atoms with Crippen LogP contribution >= 0.6 is 0 Å². The van der Waals surface area contributed by atoms with E-state index in [1.54, 1.807) is 0 Å². The molecule has 0 radical (unpaired) electrons. The van der Waals surface area contributed by atoms with E-state index in [0.29, 0.717) is 0 Å². The molecule has 0 aliphatic carbocycles. The van der Waals surface area contributed by atoms with Gasteiger partial charge < -0.3 is 9.47 Å². The highest BCUT2D eigenvalue weighted by molar-refractivity contribution is 6.09. The summed E-state index contributed by atoms with van der Waals surface area (Å²) in [5.74, 6) is 0. The van der Waals surface area contributed by atoms with Crippen molar-refractivity contribution in [1.29, 1.82) is 0 Å². The largest absolute Gasteiger partial charge is 0.310 e. The van der Waals surface area contributed by atoms with Gasteiger partial charge in [0.2, 0.25) is 0 Å². The second kappa shape index (κ2) is 17.4. The van der Waals surface area contributed by atoms with Gasteiger partial charge in [-0.25, -0.2) is 0 Å². The molecule has 0 aliphatic rings. The number of aromatic nitrogens is 1. The summed E-state index contributed by atoms with van der Waals surface area (Å²) in [6.45, 7) is 0. The summed E-state index contributed by atoms with van der Waals surface area (Å²) in [5, 5.41) is 7.41. The van der Waals surface area contributed by atoms with E-state index in [-0.39, 0.29) is 0 Å². The molecule has 13 rings (SSSR count). The molecule has 70 heavy (non-hydrogen) atoms. The molecule has 0 N–H and O–H groups in total. The fourth-order valence-electron chi connectivity index (χ4n) is 10.4. The van der Waals surface area contributed by atoms with Gasteiger partial charge in [0, 0.05) is 33.4 Å². The van der Waals surface area contributed by atoms with E-state index in [0.717, 1.165) is 50.6 Å². The molecule has 0 bridgehead atoms. The van der Waals surface area contributed by atoms with Crippen molar-refractivity contribution in [3.63, 3.8) is 0 Å². The molecule has 328 valence electrons. The Morgan fingerprint density at radius 2 is 0.657 bits per heavy atom. The molecule has 2 nitrogen and oxygen atoms in total.